The fourth-order valence-electron chi connectivity index (χ4n) is 2.39. The molecule has 0 saturated carbocycles. The summed E-state index contributed by atoms with van der Waals surface area (Å²) in [5, 5.41) is 9.03. The van der Waals surface area contributed by atoms with E-state index in [4.69, 9.17) is 9.84 Å². The van der Waals surface area contributed by atoms with Crippen LogP contribution < -0.4 is 9.46 Å². The van der Waals surface area contributed by atoms with Crippen LogP contribution in [0, 0.1) is 0 Å². The molecule has 0 aliphatic heterocycles. The maximum atomic E-state index is 12.9. The standard InChI is InChI=1S/C19H14F3NO3S2/c1-26-15-10-12(18(24)25)5-6-14(15)23-28-17-8-7-16(27-17)11-3-2-4-13(9-11)19(20,21)22/h2-10,23H,1H3,(H,24,25). The summed E-state index contributed by atoms with van der Waals surface area (Å²) in [4.78, 5) is 11.7. The predicted molar refractivity (Wildman–Crippen MR) is 104 cm³/mol. The molecule has 0 aliphatic rings. The number of aromatic carboxylic acids is 1. The molecule has 0 unspecified atom stereocenters. The van der Waals surface area contributed by atoms with Crippen LogP contribution in [0.1, 0.15) is 15.9 Å². The van der Waals surface area contributed by atoms with Gasteiger partial charge in [0.1, 0.15) is 5.75 Å². The van der Waals surface area contributed by atoms with E-state index >= 15 is 0 Å². The van der Waals surface area contributed by atoms with E-state index in [2.05, 4.69) is 4.72 Å². The first-order valence-corrected chi connectivity index (χ1v) is 9.53. The molecule has 0 bridgehead atoms. The van der Waals surface area contributed by atoms with Crippen LogP contribution in [0.2, 0.25) is 0 Å². The van der Waals surface area contributed by atoms with E-state index in [-0.39, 0.29) is 5.56 Å². The summed E-state index contributed by atoms with van der Waals surface area (Å²) in [6, 6.07) is 13.2. The zero-order valence-electron chi connectivity index (χ0n) is 14.4. The number of halogens is 3. The van der Waals surface area contributed by atoms with Crippen molar-refractivity contribution >= 4 is 34.9 Å². The lowest BCUT2D eigenvalue weighted by Crippen LogP contribution is -2.04. The number of carbonyl (C=O) groups is 1. The molecule has 2 N–H and O–H groups in total. The van der Waals surface area contributed by atoms with Gasteiger partial charge < -0.3 is 14.6 Å². The van der Waals surface area contributed by atoms with Crippen molar-refractivity contribution in [1.29, 1.82) is 0 Å². The second kappa shape index (κ2) is 8.15. The van der Waals surface area contributed by atoms with Gasteiger partial charge in [-0.3, -0.25) is 0 Å². The summed E-state index contributed by atoms with van der Waals surface area (Å²) >= 11 is 2.61. The molecule has 1 heterocycles. The highest BCUT2D eigenvalue weighted by molar-refractivity contribution is 8.02. The Hall–Kier alpha value is -2.65. The van der Waals surface area contributed by atoms with Gasteiger partial charge in [0.05, 0.1) is 28.1 Å². The number of thiophene rings is 1. The first kappa shape index (κ1) is 20.1. The Morgan fingerprint density at radius 3 is 2.61 bits per heavy atom. The summed E-state index contributed by atoms with van der Waals surface area (Å²) in [7, 11) is 1.44. The molecule has 146 valence electrons. The van der Waals surface area contributed by atoms with Gasteiger partial charge in [0.25, 0.3) is 0 Å². The predicted octanol–water partition coefficient (Wildman–Crippen LogP) is 6.26. The van der Waals surface area contributed by atoms with Gasteiger partial charge >= 0.3 is 12.1 Å². The Morgan fingerprint density at radius 2 is 1.93 bits per heavy atom. The van der Waals surface area contributed by atoms with Gasteiger partial charge in [0.2, 0.25) is 0 Å². The second-order valence-corrected chi connectivity index (χ2v) is 7.81. The Kier molecular flexibility index (Phi) is 5.85. The first-order valence-electron chi connectivity index (χ1n) is 7.89. The summed E-state index contributed by atoms with van der Waals surface area (Å²) in [6.07, 6.45) is -4.38. The van der Waals surface area contributed by atoms with Crippen LogP contribution in [-0.4, -0.2) is 18.2 Å². The molecule has 0 fully saturated rings. The van der Waals surface area contributed by atoms with Crippen molar-refractivity contribution in [2.24, 2.45) is 0 Å². The molecule has 9 heteroatoms. The number of alkyl halides is 3. The molecule has 1 aromatic heterocycles. The van der Waals surface area contributed by atoms with Crippen molar-refractivity contribution in [2.45, 2.75) is 10.4 Å². The quantitative estimate of drug-likeness (QED) is 0.457. The highest BCUT2D eigenvalue weighted by Gasteiger charge is 2.30. The maximum absolute atomic E-state index is 12.9. The van der Waals surface area contributed by atoms with Crippen molar-refractivity contribution < 1.29 is 27.8 Å². The van der Waals surface area contributed by atoms with E-state index < -0.39 is 17.7 Å². The monoisotopic (exact) mass is 425 g/mol. The van der Waals surface area contributed by atoms with Gasteiger partial charge in [0, 0.05) is 4.88 Å². The van der Waals surface area contributed by atoms with Crippen molar-refractivity contribution in [3.63, 3.8) is 0 Å². The van der Waals surface area contributed by atoms with Crippen LogP contribution in [0.25, 0.3) is 10.4 Å². The van der Waals surface area contributed by atoms with Crippen LogP contribution in [0.5, 0.6) is 5.75 Å². The van der Waals surface area contributed by atoms with Gasteiger partial charge in [0.15, 0.2) is 0 Å². The molecule has 0 radical (unpaired) electrons. The van der Waals surface area contributed by atoms with Crippen molar-refractivity contribution in [2.75, 3.05) is 11.8 Å². The Balaban J connectivity index is 1.75. The van der Waals surface area contributed by atoms with Crippen molar-refractivity contribution in [3.05, 3.63) is 65.7 Å². The number of methoxy groups -OCH3 is 1. The lowest BCUT2D eigenvalue weighted by atomic mass is 10.1. The Morgan fingerprint density at radius 1 is 1.14 bits per heavy atom. The Labute approximate surface area is 167 Å². The molecular formula is C19H14F3NO3S2. The number of hydrogen-bond acceptors (Lipinski definition) is 5. The van der Waals surface area contributed by atoms with E-state index in [0.29, 0.717) is 21.9 Å². The van der Waals surface area contributed by atoms with E-state index in [0.717, 1.165) is 16.3 Å². The average Bonchev–Trinajstić information content (AvgIpc) is 3.14. The number of nitrogens with one attached hydrogen (secondary N) is 1. The highest BCUT2D eigenvalue weighted by atomic mass is 32.2. The summed E-state index contributed by atoms with van der Waals surface area (Å²) in [5.74, 6) is -0.677. The molecule has 0 amide bonds. The van der Waals surface area contributed by atoms with E-state index in [1.54, 1.807) is 24.3 Å². The van der Waals surface area contributed by atoms with Gasteiger partial charge in [-0.1, -0.05) is 12.1 Å². The number of carboxylic acids is 1. The zero-order valence-corrected chi connectivity index (χ0v) is 16.0. The van der Waals surface area contributed by atoms with Gasteiger partial charge in [-0.05, 0) is 60.0 Å². The minimum Gasteiger partial charge on any atom is -0.495 e. The van der Waals surface area contributed by atoms with Crippen LogP contribution in [-0.2, 0) is 6.18 Å². The average molecular weight is 425 g/mol. The minimum atomic E-state index is -4.38. The zero-order chi connectivity index (χ0) is 20.3. The highest BCUT2D eigenvalue weighted by Crippen LogP contribution is 2.38. The van der Waals surface area contributed by atoms with E-state index in [9.17, 15) is 18.0 Å². The fraction of sp³-hybridized carbons (Fsp3) is 0.105. The van der Waals surface area contributed by atoms with Crippen LogP contribution in [0.4, 0.5) is 18.9 Å². The third-order valence-electron chi connectivity index (χ3n) is 3.77. The third-order valence-corrected chi connectivity index (χ3v) is 5.85. The summed E-state index contributed by atoms with van der Waals surface area (Å²) < 4.78 is 47.8. The molecule has 3 aromatic rings. The SMILES string of the molecule is COc1cc(C(=O)O)ccc1NSc1ccc(-c2cccc(C(F)(F)F)c2)s1. The van der Waals surface area contributed by atoms with Crippen LogP contribution >= 0.6 is 23.3 Å². The van der Waals surface area contributed by atoms with E-state index in [1.807, 2.05) is 0 Å². The third kappa shape index (κ3) is 4.60. The molecule has 0 atom stereocenters. The number of carboxylic acid groups (broad SMARTS) is 1. The number of rotatable bonds is 6. The number of benzene rings is 2. The first-order chi connectivity index (χ1) is 13.3. The maximum Gasteiger partial charge on any atom is 0.416 e. The molecular weight excluding hydrogens is 411 g/mol. The Bertz CT molecular complexity index is 1000. The largest absolute Gasteiger partial charge is 0.495 e. The fourth-order valence-corrected chi connectivity index (χ4v) is 4.20. The molecule has 28 heavy (non-hydrogen) atoms. The van der Waals surface area contributed by atoms with Gasteiger partial charge in [-0.15, -0.1) is 11.3 Å². The van der Waals surface area contributed by atoms with Crippen LogP contribution in [0.3, 0.4) is 0 Å². The van der Waals surface area contributed by atoms with Gasteiger partial charge in [-0.2, -0.15) is 13.2 Å². The number of anilines is 1. The van der Waals surface area contributed by atoms with E-state index in [1.165, 1.54) is 48.6 Å². The lowest BCUT2D eigenvalue weighted by Gasteiger charge is -2.10. The number of hydrogen-bond donors (Lipinski definition) is 2. The summed E-state index contributed by atoms with van der Waals surface area (Å²) in [6.45, 7) is 0. The van der Waals surface area contributed by atoms with Crippen molar-refractivity contribution in [1.82, 2.24) is 0 Å². The topological polar surface area (TPSA) is 58.6 Å². The molecule has 0 saturated heterocycles. The molecule has 3 rings (SSSR count). The van der Waals surface area contributed by atoms with Crippen LogP contribution in [0.15, 0.2) is 58.8 Å². The smallest absolute Gasteiger partial charge is 0.416 e. The van der Waals surface area contributed by atoms with Crippen molar-refractivity contribution in [3.8, 4) is 16.2 Å². The molecule has 0 spiro atoms. The molecule has 2 aromatic carbocycles. The number of ether oxygens (including phenoxy) is 1. The second-order valence-electron chi connectivity index (χ2n) is 5.62. The van der Waals surface area contributed by atoms with Gasteiger partial charge in [-0.25, -0.2) is 4.79 Å². The molecule has 0 aliphatic carbocycles. The molecule has 4 nitrogen and oxygen atoms in total. The normalized spacial score (nSPS) is 11.3. The summed E-state index contributed by atoms with van der Waals surface area (Å²) in [5.41, 5.74) is 0.505. The minimum absolute atomic E-state index is 0.107. The lowest BCUT2D eigenvalue weighted by molar-refractivity contribution is -0.137.